The molecule has 1 atom stereocenters. The second-order valence-electron chi connectivity index (χ2n) is 3.97. The standard InChI is InChI=1S/C11H14N2O4S/c1-3-10(14)13-11(2,8-18(15,16)17)9-6-4-5-7-12-9/h3-7H,1,8H2,2H3,(H,13,14)(H,15,16,17). The van der Waals surface area contributed by atoms with Crippen LogP contribution in [-0.4, -0.2) is 29.6 Å². The van der Waals surface area contributed by atoms with Crippen LogP contribution < -0.4 is 5.32 Å². The van der Waals surface area contributed by atoms with Gasteiger partial charge in [-0.25, -0.2) is 0 Å². The maximum Gasteiger partial charge on any atom is 0.267 e. The second-order valence-corrected chi connectivity index (χ2v) is 5.42. The lowest BCUT2D eigenvalue weighted by Gasteiger charge is -2.28. The van der Waals surface area contributed by atoms with Crippen molar-refractivity contribution in [3.8, 4) is 0 Å². The quantitative estimate of drug-likeness (QED) is 0.599. The van der Waals surface area contributed by atoms with Gasteiger partial charge in [-0.05, 0) is 25.1 Å². The highest BCUT2D eigenvalue weighted by atomic mass is 32.2. The van der Waals surface area contributed by atoms with Gasteiger partial charge in [-0.1, -0.05) is 12.6 Å². The molecule has 0 saturated carbocycles. The molecule has 2 N–H and O–H groups in total. The smallest absolute Gasteiger partial charge is 0.267 e. The van der Waals surface area contributed by atoms with E-state index in [-0.39, 0.29) is 0 Å². The summed E-state index contributed by atoms with van der Waals surface area (Å²) in [7, 11) is -4.27. The fourth-order valence-electron chi connectivity index (χ4n) is 1.55. The molecule has 0 aliphatic rings. The van der Waals surface area contributed by atoms with Crippen LogP contribution in [0.1, 0.15) is 12.6 Å². The molecule has 0 aliphatic heterocycles. The van der Waals surface area contributed by atoms with Gasteiger partial charge in [0.15, 0.2) is 0 Å². The molecule has 0 fully saturated rings. The number of carbonyl (C=O) groups is 1. The van der Waals surface area contributed by atoms with Gasteiger partial charge in [-0.15, -0.1) is 0 Å². The third kappa shape index (κ3) is 3.94. The number of carbonyl (C=O) groups excluding carboxylic acids is 1. The first-order valence-corrected chi connectivity index (χ1v) is 6.69. The number of hydrogen-bond acceptors (Lipinski definition) is 4. The molecule has 0 aliphatic carbocycles. The first-order chi connectivity index (χ1) is 8.27. The van der Waals surface area contributed by atoms with Crippen LogP contribution in [0.4, 0.5) is 0 Å². The van der Waals surface area contributed by atoms with Crippen LogP contribution in [0, 0.1) is 0 Å². The van der Waals surface area contributed by atoms with Gasteiger partial charge < -0.3 is 5.32 Å². The average molecular weight is 270 g/mol. The van der Waals surface area contributed by atoms with Crippen LogP contribution in [0.25, 0.3) is 0 Å². The van der Waals surface area contributed by atoms with Crippen molar-refractivity contribution < 1.29 is 17.8 Å². The molecule has 1 aromatic heterocycles. The van der Waals surface area contributed by atoms with Crippen molar-refractivity contribution in [1.29, 1.82) is 0 Å². The summed E-state index contributed by atoms with van der Waals surface area (Å²) in [5, 5.41) is 2.46. The van der Waals surface area contributed by atoms with E-state index < -0.39 is 27.3 Å². The molecule has 0 bridgehead atoms. The second kappa shape index (κ2) is 5.28. The number of aromatic nitrogens is 1. The van der Waals surface area contributed by atoms with E-state index in [0.29, 0.717) is 5.69 Å². The van der Waals surface area contributed by atoms with Gasteiger partial charge in [0.25, 0.3) is 10.1 Å². The van der Waals surface area contributed by atoms with Crippen molar-refractivity contribution in [3.05, 3.63) is 42.7 Å². The molecule has 0 spiro atoms. The predicted molar refractivity (Wildman–Crippen MR) is 66.3 cm³/mol. The highest BCUT2D eigenvalue weighted by Crippen LogP contribution is 2.20. The zero-order valence-corrected chi connectivity index (χ0v) is 10.6. The molecule has 7 heteroatoms. The molecule has 98 valence electrons. The minimum atomic E-state index is -4.27. The van der Waals surface area contributed by atoms with Crippen molar-refractivity contribution in [2.24, 2.45) is 0 Å². The molecule has 6 nitrogen and oxygen atoms in total. The molecule has 1 unspecified atom stereocenters. The van der Waals surface area contributed by atoms with E-state index in [1.54, 1.807) is 18.2 Å². The maximum absolute atomic E-state index is 11.4. The van der Waals surface area contributed by atoms with E-state index in [0.717, 1.165) is 6.08 Å². The van der Waals surface area contributed by atoms with Crippen molar-refractivity contribution in [2.75, 3.05) is 5.75 Å². The first kappa shape index (κ1) is 14.3. The number of nitrogens with zero attached hydrogens (tertiary/aromatic N) is 1. The Morgan fingerprint density at radius 3 is 2.72 bits per heavy atom. The lowest BCUT2D eigenvalue weighted by Crippen LogP contribution is -2.48. The normalized spacial score (nSPS) is 14.6. The van der Waals surface area contributed by atoms with E-state index in [1.165, 1.54) is 13.1 Å². The van der Waals surface area contributed by atoms with Gasteiger partial charge in [0.05, 0.1) is 11.2 Å². The third-order valence-corrected chi connectivity index (χ3v) is 3.23. The molecule has 0 radical (unpaired) electrons. The summed E-state index contributed by atoms with van der Waals surface area (Å²) in [5.74, 6) is -1.22. The van der Waals surface area contributed by atoms with Gasteiger partial charge in [-0.2, -0.15) is 8.42 Å². The zero-order chi connectivity index (χ0) is 13.8. The summed E-state index contributed by atoms with van der Waals surface area (Å²) >= 11 is 0. The van der Waals surface area contributed by atoms with Crippen LogP contribution >= 0.6 is 0 Å². The molecular formula is C11H14N2O4S. The van der Waals surface area contributed by atoms with Crippen molar-refractivity contribution in [2.45, 2.75) is 12.5 Å². The highest BCUT2D eigenvalue weighted by molar-refractivity contribution is 7.85. The van der Waals surface area contributed by atoms with Crippen molar-refractivity contribution >= 4 is 16.0 Å². The molecule has 0 aromatic carbocycles. The van der Waals surface area contributed by atoms with E-state index in [2.05, 4.69) is 16.9 Å². The molecule has 1 rings (SSSR count). The Balaban J connectivity index is 3.17. The van der Waals surface area contributed by atoms with Gasteiger partial charge >= 0.3 is 0 Å². The highest BCUT2D eigenvalue weighted by Gasteiger charge is 2.34. The summed E-state index contributed by atoms with van der Waals surface area (Å²) in [6.07, 6.45) is 2.49. The van der Waals surface area contributed by atoms with Crippen LogP contribution in [0.2, 0.25) is 0 Å². The summed E-state index contributed by atoms with van der Waals surface area (Å²) < 4.78 is 31.0. The first-order valence-electron chi connectivity index (χ1n) is 5.08. The molecule has 1 heterocycles. The van der Waals surface area contributed by atoms with Crippen LogP contribution in [0.5, 0.6) is 0 Å². The predicted octanol–water partition coefficient (Wildman–Crippen LogP) is 0.487. The Morgan fingerprint density at radius 1 is 1.61 bits per heavy atom. The number of amides is 1. The summed E-state index contributed by atoms with van der Waals surface area (Å²) in [4.78, 5) is 15.4. The Bertz CT molecular complexity index is 541. The Hall–Kier alpha value is -1.73. The summed E-state index contributed by atoms with van der Waals surface area (Å²) in [6.45, 7) is 4.75. The van der Waals surface area contributed by atoms with Crippen molar-refractivity contribution in [3.63, 3.8) is 0 Å². The van der Waals surface area contributed by atoms with Crippen LogP contribution in [-0.2, 0) is 20.5 Å². The zero-order valence-electron chi connectivity index (χ0n) is 9.83. The van der Waals surface area contributed by atoms with E-state index in [4.69, 9.17) is 4.55 Å². The number of rotatable bonds is 5. The summed E-state index contributed by atoms with van der Waals surface area (Å²) in [6, 6.07) is 4.88. The van der Waals surface area contributed by atoms with E-state index in [1.807, 2.05) is 0 Å². The van der Waals surface area contributed by atoms with Crippen molar-refractivity contribution in [1.82, 2.24) is 10.3 Å². The monoisotopic (exact) mass is 270 g/mol. The van der Waals surface area contributed by atoms with Gasteiger partial charge in [0.2, 0.25) is 5.91 Å². The van der Waals surface area contributed by atoms with Crippen LogP contribution in [0.15, 0.2) is 37.1 Å². The van der Waals surface area contributed by atoms with E-state index in [9.17, 15) is 13.2 Å². The SMILES string of the molecule is C=CC(=O)NC(C)(CS(=O)(=O)O)c1ccccn1. The average Bonchev–Trinajstić information content (AvgIpc) is 2.27. The Kier molecular flexibility index (Phi) is 4.20. The Labute approximate surface area is 105 Å². The molecule has 0 saturated heterocycles. The van der Waals surface area contributed by atoms with Crippen LogP contribution in [0.3, 0.4) is 0 Å². The van der Waals surface area contributed by atoms with Gasteiger partial charge in [0, 0.05) is 6.20 Å². The lowest BCUT2D eigenvalue weighted by atomic mass is 9.99. The number of nitrogens with one attached hydrogen (secondary N) is 1. The van der Waals surface area contributed by atoms with Gasteiger partial charge in [0.1, 0.15) is 5.75 Å². The molecule has 1 amide bonds. The van der Waals surface area contributed by atoms with E-state index >= 15 is 0 Å². The molecule has 18 heavy (non-hydrogen) atoms. The summed E-state index contributed by atoms with van der Waals surface area (Å²) in [5.41, 5.74) is -0.988. The topological polar surface area (TPSA) is 96.4 Å². The Morgan fingerprint density at radius 2 is 2.28 bits per heavy atom. The van der Waals surface area contributed by atoms with Gasteiger partial charge in [-0.3, -0.25) is 14.3 Å². The molecule has 1 aromatic rings. The third-order valence-electron chi connectivity index (χ3n) is 2.29. The molecular weight excluding hydrogens is 256 g/mol. The minimum absolute atomic E-state index is 0.331. The maximum atomic E-state index is 11.4. The largest absolute Gasteiger partial charge is 0.341 e. The minimum Gasteiger partial charge on any atom is -0.341 e. The number of pyridine rings is 1. The fraction of sp³-hybridized carbons (Fsp3) is 0.273. The number of hydrogen-bond donors (Lipinski definition) is 2. The lowest BCUT2D eigenvalue weighted by molar-refractivity contribution is -0.118. The fourth-order valence-corrected chi connectivity index (χ4v) is 2.50.